The number of rotatable bonds is 5. The van der Waals surface area contributed by atoms with E-state index in [0.29, 0.717) is 21.7 Å². The molecule has 1 amide bonds. The molecule has 0 saturated heterocycles. The quantitative estimate of drug-likeness (QED) is 0.700. The van der Waals surface area contributed by atoms with Crippen LogP contribution in [0.1, 0.15) is 5.56 Å². The Morgan fingerprint density at radius 3 is 3.00 bits per heavy atom. The number of furan rings is 1. The Balaban J connectivity index is 1.58. The summed E-state index contributed by atoms with van der Waals surface area (Å²) >= 11 is 7.08. The molecule has 1 aromatic carbocycles. The molecule has 0 atom stereocenters. The van der Waals surface area contributed by atoms with Gasteiger partial charge in [-0.1, -0.05) is 29.4 Å². The number of anilines is 1. The van der Waals surface area contributed by atoms with Gasteiger partial charge in [0.2, 0.25) is 5.91 Å². The second kappa shape index (κ2) is 6.89. The molecular formula is C15H12ClN3O3S. The van der Waals surface area contributed by atoms with Crippen molar-refractivity contribution in [3.8, 4) is 11.7 Å². The average molecular weight is 350 g/mol. The van der Waals surface area contributed by atoms with Gasteiger partial charge < -0.3 is 14.2 Å². The number of nitrogens with one attached hydrogen (secondary N) is 1. The first-order valence-corrected chi connectivity index (χ1v) is 8.04. The lowest BCUT2D eigenvalue weighted by Crippen LogP contribution is -2.14. The summed E-state index contributed by atoms with van der Waals surface area (Å²) in [6.45, 7) is 1.90. The fraction of sp³-hybridized carbons (Fsp3) is 0.133. The molecule has 0 aliphatic heterocycles. The molecule has 0 saturated carbocycles. The van der Waals surface area contributed by atoms with Gasteiger partial charge in [-0.2, -0.15) is 0 Å². The topological polar surface area (TPSA) is 81.2 Å². The molecule has 0 aliphatic carbocycles. The highest BCUT2D eigenvalue weighted by atomic mass is 35.5. The lowest BCUT2D eigenvalue weighted by molar-refractivity contribution is -0.113. The second-order valence-corrected chi connectivity index (χ2v) is 6.01. The van der Waals surface area contributed by atoms with Crippen LogP contribution < -0.4 is 5.32 Å². The number of aryl methyl sites for hydroxylation is 1. The summed E-state index contributed by atoms with van der Waals surface area (Å²) in [6, 6.07) is 8.78. The van der Waals surface area contributed by atoms with Crippen LogP contribution in [0.25, 0.3) is 11.7 Å². The smallest absolute Gasteiger partial charge is 0.284 e. The summed E-state index contributed by atoms with van der Waals surface area (Å²) in [5.41, 5.74) is 1.62. The van der Waals surface area contributed by atoms with Gasteiger partial charge in [-0.15, -0.1) is 10.2 Å². The van der Waals surface area contributed by atoms with E-state index >= 15 is 0 Å². The predicted octanol–water partition coefficient (Wildman–Crippen LogP) is 4.02. The number of thioether (sulfide) groups is 1. The van der Waals surface area contributed by atoms with Crippen molar-refractivity contribution in [2.75, 3.05) is 11.1 Å². The second-order valence-electron chi connectivity index (χ2n) is 4.65. The molecule has 2 heterocycles. The molecule has 23 heavy (non-hydrogen) atoms. The Morgan fingerprint density at radius 2 is 2.22 bits per heavy atom. The van der Waals surface area contributed by atoms with Crippen LogP contribution in [0.5, 0.6) is 0 Å². The van der Waals surface area contributed by atoms with Crippen LogP contribution in [0.4, 0.5) is 5.69 Å². The number of hydrogen-bond acceptors (Lipinski definition) is 6. The van der Waals surface area contributed by atoms with Crippen molar-refractivity contribution < 1.29 is 13.6 Å². The summed E-state index contributed by atoms with van der Waals surface area (Å²) in [7, 11) is 0. The van der Waals surface area contributed by atoms with Gasteiger partial charge in [0.25, 0.3) is 11.1 Å². The zero-order valence-corrected chi connectivity index (χ0v) is 13.6. The highest BCUT2D eigenvalue weighted by molar-refractivity contribution is 7.99. The SMILES string of the molecule is Cc1ccc(Cl)cc1NC(=O)CSc1nnc(-c2ccco2)o1. The molecule has 0 spiro atoms. The molecule has 6 nitrogen and oxygen atoms in total. The lowest BCUT2D eigenvalue weighted by Gasteiger charge is -2.07. The van der Waals surface area contributed by atoms with Gasteiger partial charge in [-0.05, 0) is 36.8 Å². The molecule has 2 aromatic heterocycles. The summed E-state index contributed by atoms with van der Waals surface area (Å²) in [5, 5.41) is 11.4. The summed E-state index contributed by atoms with van der Waals surface area (Å²) in [4.78, 5) is 12.0. The van der Waals surface area contributed by atoms with E-state index in [9.17, 15) is 4.79 Å². The zero-order chi connectivity index (χ0) is 16.2. The lowest BCUT2D eigenvalue weighted by atomic mass is 10.2. The fourth-order valence-corrected chi connectivity index (χ4v) is 2.55. The molecule has 0 bridgehead atoms. The number of nitrogens with zero attached hydrogens (tertiary/aromatic N) is 2. The van der Waals surface area contributed by atoms with Crippen LogP contribution in [0.2, 0.25) is 5.02 Å². The van der Waals surface area contributed by atoms with E-state index in [4.69, 9.17) is 20.4 Å². The Hall–Kier alpha value is -2.25. The molecule has 8 heteroatoms. The van der Waals surface area contributed by atoms with Crippen LogP contribution in [-0.2, 0) is 4.79 Å². The maximum absolute atomic E-state index is 12.0. The largest absolute Gasteiger partial charge is 0.459 e. The molecule has 118 valence electrons. The average Bonchev–Trinajstić information content (AvgIpc) is 3.19. The van der Waals surface area contributed by atoms with E-state index in [2.05, 4.69) is 15.5 Å². The number of carbonyl (C=O) groups excluding carboxylic acids is 1. The van der Waals surface area contributed by atoms with Crippen molar-refractivity contribution in [1.82, 2.24) is 10.2 Å². The normalized spacial score (nSPS) is 10.7. The molecule has 0 unspecified atom stereocenters. The van der Waals surface area contributed by atoms with Gasteiger partial charge in [-0.25, -0.2) is 0 Å². The summed E-state index contributed by atoms with van der Waals surface area (Å²) in [5.74, 6) is 0.733. The van der Waals surface area contributed by atoms with Crippen LogP contribution in [-0.4, -0.2) is 21.9 Å². The van der Waals surface area contributed by atoms with Crippen molar-refractivity contribution in [3.63, 3.8) is 0 Å². The first-order valence-electron chi connectivity index (χ1n) is 6.68. The number of amides is 1. The highest BCUT2D eigenvalue weighted by Gasteiger charge is 2.13. The van der Waals surface area contributed by atoms with Gasteiger partial charge >= 0.3 is 0 Å². The van der Waals surface area contributed by atoms with Crippen molar-refractivity contribution in [3.05, 3.63) is 47.2 Å². The zero-order valence-electron chi connectivity index (χ0n) is 12.1. The molecule has 0 aliphatic rings. The van der Waals surface area contributed by atoms with Gasteiger partial charge in [0.1, 0.15) is 0 Å². The van der Waals surface area contributed by atoms with Gasteiger partial charge in [0, 0.05) is 10.7 Å². The third kappa shape index (κ3) is 3.94. The van der Waals surface area contributed by atoms with Crippen molar-refractivity contribution >= 4 is 35.0 Å². The maximum atomic E-state index is 12.0. The standard InChI is InChI=1S/C15H12ClN3O3S/c1-9-4-5-10(16)7-11(9)17-13(20)8-23-15-19-18-14(22-15)12-3-2-6-21-12/h2-7H,8H2,1H3,(H,17,20). The van der Waals surface area contributed by atoms with Crippen LogP contribution in [0.3, 0.4) is 0 Å². The highest BCUT2D eigenvalue weighted by Crippen LogP contribution is 2.24. The first kappa shape index (κ1) is 15.6. The fourth-order valence-electron chi connectivity index (χ4n) is 1.81. The molecule has 3 aromatic rings. The minimum Gasteiger partial charge on any atom is -0.459 e. The third-order valence-corrected chi connectivity index (χ3v) is 3.99. The Labute approximate surface area is 141 Å². The maximum Gasteiger partial charge on any atom is 0.284 e. The minimum atomic E-state index is -0.182. The van der Waals surface area contributed by atoms with E-state index in [1.54, 1.807) is 24.3 Å². The number of benzene rings is 1. The van der Waals surface area contributed by atoms with Crippen LogP contribution in [0, 0.1) is 6.92 Å². The Morgan fingerprint density at radius 1 is 1.35 bits per heavy atom. The third-order valence-electron chi connectivity index (χ3n) is 2.94. The van der Waals surface area contributed by atoms with Crippen molar-refractivity contribution in [1.29, 1.82) is 0 Å². The van der Waals surface area contributed by atoms with E-state index < -0.39 is 0 Å². The van der Waals surface area contributed by atoms with Crippen LogP contribution >= 0.6 is 23.4 Å². The van der Waals surface area contributed by atoms with Gasteiger partial charge in [0.15, 0.2) is 5.76 Å². The Kier molecular flexibility index (Phi) is 4.68. The van der Waals surface area contributed by atoms with Gasteiger partial charge in [-0.3, -0.25) is 4.79 Å². The summed E-state index contributed by atoms with van der Waals surface area (Å²) in [6.07, 6.45) is 1.52. The van der Waals surface area contributed by atoms with E-state index in [1.165, 1.54) is 6.26 Å². The predicted molar refractivity (Wildman–Crippen MR) is 87.5 cm³/mol. The van der Waals surface area contributed by atoms with E-state index in [0.717, 1.165) is 17.3 Å². The van der Waals surface area contributed by atoms with E-state index in [1.807, 2.05) is 13.0 Å². The molecule has 0 fully saturated rings. The number of carbonyl (C=O) groups is 1. The first-order chi connectivity index (χ1) is 11.1. The van der Waals surface area contributed by atoms with Gasteiger partial charge in [0.05, 0.1) is 12.0 Å². The minimum absolute atomic E-state index is 0.145. The molecule has 1 N–H and O–H groups in total. The van der Waals surface area contributed by atoms with E-state index in [-0.39, 0.29) is 17.6 Å². The summed E-state index contributed by atoms with van der Waals surface area (Å²) < 4.78 is 10.6. The van der Waals surface area contributed by atoms with Crippen molar-refractivity contribution in [2.45, 2.75) is 12.1 Å². The molecular weight excluding hydrogens is 338 g/mol. The number of halogens is 1. The monoisotopic (exact) mass is 349 g/mol. The number of aromatic nitrogens is 2. The van der Waals surface area contributed by atoms with Crippen molar-refractivity contribution in [2.24, 2.45) is 0 Å². The van der Waals surface area contributed by atoms with Crippen LogP contribution in [0.15, 0.2) is 50.7 Å². The molecule has 0 radical (unpaired) electrons. The molecule has 3 rings (SSSR count). The Bertz CT molecular complexity index is 817. The number of hydrogen-bond donors (Lipinski definition) is 1.